The van der Waals surface area contributed by atoms with Crippen LogP contribution in [0.1, 0.15) is 46.0 Å². The summed E-state index contributed by atoms with van der Waals surface area (Å²) in [6.07, 6.45) is 2.14. The highest BCUT2D eigenvalue weighted by Crippen LogP contribution is 2.09. The van der Waals surface area contributed by atoms with Crippen molar-refractivity contribution < 1.29 is 19.4 Å². The van der Waals surface area contributed by atoms with Gasteiger partial charge in [-0.3, -0.25) is 15.0 Å². The molecule has 177 valence electrons. The third kappa shape index (κ3) is 13.0. The van der Waals surface area contributed by atoms with Gasteiger partial charge in [-0.25, -0.2) is 10.1 Å². The van der Waals surface area contributed by atoms with Crippen molar-refractivity contribution in [2.75, 3.05) is 13.2 Å². The second-order valence-corrected chi connectivity index (χ2v) is 7.54. The molecular weight excluding hydrogens is 416 g/mol. The number of nitro groups is 1. The fourth-order valence-corrected chi connectivity index (χ4v) is 2.62. The molecule has 0 aliphatic rings. The molecule has 0 unspecified atom stereocenters. The van der Waals surface area contributed by atoms with E-state index in [4.69, 9.17) is 10.1 Å². The SMILES string of the molecule is CC(C)C[CH]NC(=O)[C@H](CCCNC(=N)N[N+](=O)[O-])NC(=O)CCCOc1ccccc1. The number of rotatable bonds is 15. The van der Waals surface area contributed by atoms with Crippen LogP contribution in [0.25, 0.3) is 0 Å². The molecule has 0 aliphatic carbocycles. The summed E-state index contributed by atoms with van der Waals surface area (Å²) in [5.74, 6) is 0.0934. The molecule has 1 rings (SSSR count). The zero-order valence-electron chi connectivity index (χ0n) is 18.6. The number of amides is 2. The monoisotopic (exact) mass is 449 g/mol. The number of hydrogen-bond acceptors (Lipinski definition) is 6. The van der Waals surface area contributed by atoms with Crippen LogP contribution in [0.4, 0.5) is 0 Å². The van der Waals surface area contributed by atoms with Gasteiger partial charge in [-0.2, -0.15) is 0 Å². The van der Waals surface area contributed by atoms with Gasteiger partial charge in [0.2, 0.25) is 11.8 Å². The maximum absolute atomic E-state index is 12.5. The molecule has 1 atom stereocenters. The minimum Gasteiger partial charge on any atom is -0.494 e. The third-order valence-electron chi connectivity index (χ3n) is 4.22. The van der Waals surface area contributed by atoms with Crippen LogP contribution >= 0.6 is 0 Å². The highest BCUT2D eigenvalue weighted by molar-refractivity contribution is 5.87. The van der Waals surface area contributed by atoms with Gasteiger partial charge in [0.1, 0.15) is 11.8 Å². The first-order chi connectivity index (χ1) is 15.3. The smallest absolute Gasteiger partial charge is 0.251 e. The lowest BCUT2D eigenvalue weighted by molar-refractivity contribution is -0.525. The summed E-state index contributed by atoms with van der Waals surface area (Å²) in [5, 5.41) is 24.8. The van der Waals surface area contributed by atoms with Crippen molar-refractivity contribution in [1.82, 2.24) is 21.4 Å². The topological polar surface area (TPSA) is 158 Å². The van der Waals surface area contributed by atoms with Gasteiger partial charge in [0.15, 0.2) is 5.03 Å². The molecule has 0 aliphatic heterocycles. The van der Waals surface area contributed by atoms with E-state index in [9.17, 15) is 19.7 Å². The average Bonchev–Trinajstić information content (AvgIpc) is 2.73. The minimum absolute atomic E-state index is 0.210. The summed E-state index contributed by atoms with van der Waals surface area (Å²) in [4.78, 5) is 35.1. The van der Waals surface area contributed by atoms with E-state index < -0.39 is 17.0 Å². The molecule has 2 amide bonds. The fraction of sp³-hybridized carbons (Fsp3) is 0.524. The highest BCUT2D eigenvalue weighted by Gasteiger charge is 2.20. The van der Waals surface area contributed by atoms with Crippen LogP contribution in [-0.2, 0) is 9.59 Å². The number of carbonyl (C=O) groups excluding carboxylic acids is 2. The molecule has 1 radical (unpaired) electrons. The molecule has 5 N–H and O–H groups in total. The Morgan fingerprint density at radius 2 is 1.94 bits per heavy atom. The molecular formula is C21H33N6O5. The van der Waals surface area contributed by atoms with Crippen LogP contribution in [0.3, 0.4) is 0 Å². The van der Waals surface area contributed by atoms with Gasteiger partial charge in [-0.15, -0.1) is 0 Å². The summed E-state index contributed by atoms with van der Waals surface area (Å²) >= 11 is 0. The summed E-state index contributed by atoms with van der Waals surface area (Å²) in [5.41, 5.74) is 1.69. The van der Waals surface area contributed by atoms with Gasteiger partial charge < -0.3 is 20.7 Å². The largest absolute Gasteiger partial charge is 0.494 e. The molecule has 1 aromatic rings. The van der Waals surface area contributed by atoms with Crippen molar-refractivity contribution in [2.45, 2.75) is 52.0 Å². The maximum Gasteiger partial charge on any atom is 0.251 e. The number of benzene rings is 1. The van der Waals surface area contributed by atoms with Crippen molar-refractivity contribution in [3.05, 3.63) is 47.0 Å². The normalized spacial score (nSPS) is 11.3. The summed E-state index contributed by atoms with van der Waals surface area (Å²) < 4.78 is 5.57. The highest BCUT2D eigenvalue weighted by atomic mass is 16.7. The Hall–Kier alpha value is -3.37. The van der Waals surface area contributed by atoms with Gasteiger partial charge in [0.25, 0.3) is 5.96 Å². The standard InChI is InChI=1S/C21H33N6O5/c1-16(2)12-14-23-20(29)18(10-6-13-24-21(22)26-27(30)31)25-19(28)11-7-15-32-17-8-4-3-5-9-17/h3-5,8-9,14,16,18H,6-7,10-13,15H2,1-2H3,(H,23,29)(H,25,28)(H3,22,24,26)/t18-/m0/s1. The zero-order valence-corrected chi connectivity index (χ0v) is 18.6. The van der Waals surface area contributed by atoms with E-state index in [-0.39, 0.29) is 24.8 Å². The molecule has 11 nitrogen and oxygen atoms in total. The van der Waals surface area contributed by atoms with Crippen LogP contribution in [0.2, 0.25) is 0 Å². The Labute approximate surface area is 188 Å². The van der Waals surface area contributed by atoms with Crippen LogP contribution in [0, 0.1) is 28.0 Å². The summed E-state index contributed by atoms with van der Waals surface area (Å²) in [6.45, 7) is 6.35. The molecule has 0 spiro atoms. The number of nitrogens with one attached hydrogen (secondary N) is 5. The van der Waals surface area contributed by atoms with Crippen molar-refractivity contribution in [3.8, 4) is 5.75 Å². The Morgan fingerprint density at radius 3 is 2.59 bits per heavy atom. The van der Waals surface area contributed by atoms with Gasteiger partial charge in [0, 0.05) is 19.5 Å². The number of guanidine groups is 1. The average molecular weight is 450 g/mol. The van der Waals surface area contributed by atoms with Crippen LogP contribution in [0.5, 0.6) is 5.75 Å². The number of nitrogens with zero attached hydrogens (tertiary/aromatic N) is 1. The molecule has 0 bridgehead atoms. The number of carbonyl (C=O) groups is 2. The molecule has 0 fully saturated rings. The Balaban J connectivity index is 2.43. The lowest BCUT2D eigenvalue weighted by Gasteiger charge is -2.19. The van der Waals surface area contributed by atoms with Crippen molar-refractivity contribution in [3.63, 3.8) is 0 Å². The van der Waals surface area contributed by atoms with Crippen LogP contribution in [0.15, 0.2) is 30.3 Å². The summed E-state index contributed by atoms with van der Waals surface area (Å²) in [6, 6.07) is 8.55. The van der Waals surface area contributed by atoms with E-state index in [0.29, 0.717) is 38.2 Å². The zero-order chi connectivity index (χ0) is 23.8. The number of para-hydroxylation sites is 1. The predicted octanol–water partition coefficient (Wildman–Crippen LogP) is 1.74. The number of ether oxygens (including phenoxy) is 1. The van der Waals surface area contributed by atoms with E-state index in [0.717, 1.165) is 5.75 Å². The fourth-order valence-electron chi connectivity index (χ4n) is 2.62. The molecule has 0 saturated carbocycles. The van der Waals surface area contributed by atoms with E-state index in [1.807, 2.05) is 44.2 Å². The van der Waals surface area contributed by atoms with E-state index >= 15 is 0 Å². The summed E-state index contributed by atoms with van der Waals surface area (Å²) in [7, 11) is 0. The molecule has 32 heavy (non-hydrogen) atoms. The lowest BCUT2D eigenvalue weighted by Crippen LogP contribution is -2.46. The van der Waals surface area contributed by atoms with Crippen LogP contribution in [-0.4, -0.2) is 42.0 Å². The van der Waals surface area contributed by atoms with Gasteiger partial charge in [-0.1, -0.05) is 37.5 Å². The Morgan fingerprint density at radius 1 is 1.22 bits per heavy atom. The van der Waals surface area contributed by atoms with E-state index in [1.54, 1.807) is 12.0 Å². The molecule has 0 aromatic heterocycles. The third-order valence-corrected chi connectivity index (χ3v) is 4.22. The Kier molecular flexibility index (Phi) is 12.9. The van der Waals surface area contributed by atoms with E-state index in [2.05, 4.69) is 16.0 Å². The minimum atomic E-state index is -0.835. The van der Waals surface area contributed by atoms with Crippen molar-refractivity contribution in [1.29, 1.82) is 5.41 Å². The lowest BCUT2D eigenvalue weighted by atomic mass is 10.1. The number of hydrazine groups is 1. The van der Waals surface area contributed by atoms with Gasteiger partial charge >= 0.3 is 0 Å². The van der Waals surface area contributed by atoms with E-state index in [1.165, 1.54) is 0 Å². The van der Waals surface area contributed by atoms with Gasteiger partial charge in [-0.05, 0) is 43.7 Å². The quantitative estimate of drug-likeness (QED) is 0.0896. The second-order valence-electron chi connectivity index (χ2n) is 7.54. The van der Waals surface area contributed by atoms with Crippen molar-refractivity contribution >= 4 is 17.8 Å². The second kappa shape index (κ2) is 15.4. The first kappa shape index (κ1) is 26.7. The molecule has 1 aromatic carbocycles. The molecule has 0 saturated heterocycles. The van der Waals surface area contributed by atoms with Crippen LogP contribution < -0.4 is 26.1 Å². The number of hydrogen-bond donors (Lipinski definition) is 5. The first-order valence-electron chi connectivity index (χ1n) is 10.6. The first-order valence-corrected chi connectivity index (χ1v) is 10.6. The molecule has 0 heterocycles. The maximum atomic E-state index is 12.5. The molecule has 11 heteroatoms. The van der Waals surface area contributed by atoms with Crippen molar-refractivity contribution in [2.24, 2.45) is 5.92 Å². The Bertz CT molecular complexity index is 729. The van der Waals surface area contributed by atoms with Gasteiger partial charge in [0.05, 0.1) is 6.61 Å². The predicted molar refractivity (Wildman–Crippen MR) is 120 cm³/mol.